The van der Waals surface area contributed by atoms with Crippen LogP contribution in [0.3, 0.4) is 0 Å². The van der Waals surface area contributed by atoms with Crippen molar-refractivity contribution in [2.45, 2.75) is 13.8 Å². The summed E-state index contributed by atoms with van der Waals surface area (Å²) in [5.41, 5.74) is 7.12. The summed E-state index contributed by atoms with van der Waals surface area (Å²) in [6, 6.07) is 0. The summed E-state index contributed by atoms with van der Waals surface area (Å²) in [6.45, 7) is 3.72. The molecule has 0 aromatic carbocycles. The highest BCUT2D eigenvalue weighted by Gasteiger charge is 2.06. The number of allylic oxidation sites excluding steroid dienone is 2. The molecule has 10 heavy (non-hydrogen) atoms. The van der Waals surface area contributed by atoms with Crippen LogP contribution >= 0.6 is 11.6 Å². The Morgan fingerprint density at radius 1 is 1.30 bits per heavy atom. The van der Waals surface area contributed by atoms with Gasteiger partial charge in [0.2, 0.25) is 0 Å². The molecule has 0 saturated heterocycles. The van der Waals surface area contributed by atoms with Gasteiger partial charge in [0.05, 0.1) is 0 Å². The number of halogens is 1. The Morgan fingerprint density at radius 2 is 1.70 bits per heavy atom. The molecular formula is C7H14ClN2+. The average Bonchev–Trinajstić information content (AvgIpc) is 1.84. The standard InChI is InChI=1S/C7H13ClN2/c1-5(9)7(8)6(2)10(3)4/h9H,1-4H3/p+1. The fraction of sp³-hybridized carbons (Fsp3) is 0.571. The van der Waals surface area contributed by atoms with Crippen molar-refractivity contribution in [3.63, 3.8) is 0 Å². The lowest BCUT2D eigenvalue weighted by atomic mass is 10.3. The van der Waals surface area contributed by atoms with Crippen LogP contribution < -0.4 is 5.73 Å². The van der Waals surface area contributed by atoms with E-state index < -0.39 is 0 Å². The van der Waals surface area contributed by atoms with Crippen LogP contribution in [0.4, 0.5) is 0 Å². The third kappa shape index (κ3) is 2.40. The maximum atomic E-state index is 5.84. The summed E-state index contributed by atoms with van der Waals surface area (Å²) >= 11 is 5.84. The molecule has 0 rings (SSSR count). The van der Waals surface area contributed by atoms with E-state index in [0.29, 0.717) is 10.7 Å². The molecule has 0 aliphatic heterocycles. The van der Waals surface area contributed by atoms with Crippen LogP contribution in [0.15, 0.2) is 10.7 Å². The Morgan fingerprint density at radius 3 is 1.80 bits per heavy atom. The molecular weight excluding hydrogens is 148 g/mol. The zero-order valence-electron chi connectivity index (χ0n) is 6.90. The first kappa shape index (κ1) is 9.50. The molecule has 0 radical (unpaired) electrons. The van der Waals surface area contributed by atoms with Crippen LogP contribution in [-0.2, 0) is 0 Å². The number of hydrogen-bond donors (Lipinski definition) is 1. The van der Waals surface area contributed by atoms with E-state index in [0.717, 1.165) is 5.71 Å². The predicted octanol–water partition coefficient (Wildman–Crippen LogP) is 1.15. The molecule has 0 aromatic heterocycles. The van der Waals surface area contributed by atoms with Crippen molar-refractivity contribution in [3.05, 3.63) is 10.7 Å². The van der Waals surface area contributed by atoms with Gasteiger partial charge in [-0.15, -0.1) is 0 Å². The first-order chi connectivity index (χ1) is 4.46. The minimum absolute atomic E-state index is 0.644. The quantitative estimate of drug-likeness (QED) is 0.454. The van der Waals surface area contributed by atoms with Crippen molar-refractivity contribution in [1.82, 2.24) is 0 Å². The van der Waals surface area contributed by atoms with Crippen molar-refractivity contribution in [2.24, 2.45) is 5.73 Å². The van der Waals surface area contributed by atoms with Gasteiger partial charge in [0.1, 0.15) is 19.1 Å². The summed E-state index contributed by atoms with van der Waals surface area (Å²) in [5.74, 6) is 0. The van der Waals surface area contributed by atoms with Crippen molar-refractivity contribution in [2.75, 3.05) is 14.1 Å². The molecule has 58 valence electrons. The second-order valence-corrected chi connectivity index (χ2v) is 2.85. The topological polar surface area (TPSA) is 29.0 Å². The summed E-state index contributed by atoms with van der Waals surface area (Å²) in [4.78, 5) is 0. The summed E-state index contributed by atoms with van der Waals surface area (Å²) in [6.07, 6.45) is 0. The molecule has 0 bridgehead atoms. The Bertz CT molecular complexity index is 162. The van der Waals surface area contributed by atoms with Gasteiger partial charge in [-0.25, -0.2) is 4.58 Å². The smallest absolute Gasteiger partial charge is 0.192 e. The predicted molar refractivity (Wildman–Crippen MR) is 45.5 cm³/mol. The molecule has 0 aromatic rings. The molecule has 2 N–H and O–H groups in total. The molecule has 0 atom stereocenters. The minimum Gasteiger partial charge on any atom is -0.401 e. The Balaban J connectivity index is 4.71. The van der Waals surface area contributed by atoms with E-state index in [-0.39, 0.29) is 0 Å². The first-order valence-electron chi connectivity index (χ1n) is 3.10. The van der Waals surface area contributed by atoms with E-state index in [1.54, 1.807) is 6.92 Å². The lowest BCUT2D eigenvalue weighted by Gasteiger charge is -1.97. The fourth-order valence-corrected chi connectivity index (χ4v) is 0.651. The van der Waals surface area contributed by atoms with E-state index in [1.165, 1.54) is 0 Å². The molecule has 0 heterocycles. The largest absolute Gasteiger partial charge is 0.401 e. The van der Waals surface area contributed by atoms with Gasteiger partial charge < -0.3 is 5.73 Å². The van der Waals surface area contributed by atoms with Gasteiger partial charge in [-0.2, -0.15) is 0 Å². The van der Waals surface area contributed by atoms with Gasteiger partial charge in [0.25, 0.3) is 0 Å². The van der Waals surface area contributed by atoms with Crippen LogP contribution in [0.25, 0.3) is 0 Å². The number of hydrogen-bond acceptors (Lipinski definition) is 1. The summed E-state index contributed by atoms with van der Waals surface area (Å²) < 4.78 is 1.93. The zero-order valence-corrected chi connectivity index (χ0v) is 7.66. The third-order valence-corrected chi connectivity index (χ3v) is 1.91. The van der Waals surface area contributed by atoms with Crippen molar-refractivity contribution in [1.29, 1.82) is 0 Å². The van der Waals surface area contributed by atoms with E-state index in [4.69, 9.17) is 17.3 Å². The normalized spacial score (nSPS) is 12.5. The third-order valence-electron chi connectivity index (χ3n) is 1.33. The Kier molecular flexibility index (Phi) is 3.43. The lowest BCUT2D eigenvalue weighted by Crippen LogP contribution is -2.12. The molecule has 2 nitrogen and oxygen atoms in total. The van der Waals surface area contributed by atoms with Gasteiger partial charge in [-0.05, 0) is 6.92 Å². The SMILES string of the molecule is CC(N)=C(Cl)C(C)=[N+](C)C. The molecule has 0 aliphatic rings. The maximum absolute atomic E-state index is 5.84. The van der Waals surface area contributed by atoms with E-state index in [9.17, 15) is 0 Å². The number of rotatable bonds is 1. The van der Waals surface area contributed by atoms with Crippen LogP contribution in [-0.4, -0.2) is 24.4 Å². The van der Waals surface area contributed by atoms with Crippen molar-refractivity contribution < 1.29 is 4.58 Å². The molecule has 3 heteroatoms. The van der Waals surface area contributed by atoms with E-state index in [2.05, 4.69) is 0 Å². The Labute approximate surface area is 67.0 Å². The lowest BCUT2D eigenvalue weighted by molar-refractivity contribution is -0.464. The molecule has 0 unspecified atom stereocenters. The number of nitrogens with zero attached hydrogens (tertiary/aromatic N) is 1. The highest BCUT2D eigenvalue weighted by Crippen LogP contribution is 2.05. The van der Waals surface area contributed by atoms with E-state index >= 15 is 0 Å². The van der Waals surface area contributed by atoms with Gasteiger partial charge in [-0.3, -0.25) is 0 Å². The molecule has 0 fully saturated rings. The maximum Gasteiger partial charge on any atom is 0.192 e. The number of nitrogens with two attached hydrogens (primary N) is 1. The van der Waals surface area contributed by atoms with Crippen LogP contribution in [0.1, 0.15) is 13.8 Å². The van der Waals surface area contributed by atoms with Crippen molar-refractivity contribution >= 4 is 17.3 Å². The van der Waals surface area contributed by atoms with Gasteiger partial charge >= 0.3 is 0 Å². The second-order valence-electron chi connectivity index (χ2n) is 2.48. The van der Waals surface area contributed by atoms with Crippen LogP contribution in [0.2, 0.25) is 0 Å². The zero-order chi connectivity index (χ0) is 8.31. The molecule has 0 aliphatic carbocycles. The average molecular weight is 162 g/mol. The molecule has 0 spiro atoms. The highest BCUT2D eigenvalue weighted by molar-refractivity contribution is 6.42. The van der Waals surface area contributed by atoms with Crippen LogP contribution in [0.5, 0.6) is 0 Å². The highest BCUT2D eigenvalue weighted by atomic mass is 35.5. The monoisotopic (exact) mass is 161 g/mol. The fourth-order valence-electron chi connectivity index (χ4n) is 0.482. The minimum atomic E-state index is 0.644. The summed E-state index contributed by atoms with van der Waals surface area (Å²) in [7, 11) is 3.86. The van der Waals surface area contributed by atoms with Gasteiger partial charge in [-0.1, -0.05) is 11.6 Å². The second kappa shape index (κ2) is 3.62. The molecule has 0 amide bonds. The van der Waals surface area contributed by atoms with Gasteiger partial charge in [0, 0.05) is 12.6 Å². The van der Waals surface area contributed by atoms with Crippen LogP contribution in [0, 0.1) is 0 Å². The van der Waals surface area contributed by atoms with Crippen molar-refractivity contribution in [3.8, 4) is 0 Å². The first-order valence-corrected chi connectivity index (χ1v) is 3.47. The summed E-state index contributed by atoms with van der Waals surface area (Å²) in [5, 5.41) is 0.644. The Hall–Kier alpha value is -0.500. The van der Waals surface area contributed by atoms with E-state index in [1.807, 2.05) is 25.6 Å². The van der Waals surface area contributed by atoms with Gasteiger partial charge in [0.15, 0.2) is 5.71 Å². The molecule has 0 saturated carbocycles.